The normalized spacial score (nSPS) is 12.3. The van der Waals surface area contributed by atoms with Crippen LogP contribution in [0.3, 0.4) is 0 Å². The van der Waals surface area contributed by atoms with E-state index in [2.05, 4.69) is 14.9 Å². The maximum absolute atomic E-state index is 12.0. The summed E-state index contributed by atoms with van der Waals surface area (Å²) >= 11 is 4.15. The van der Waals surface area contributed by atoms with Gasteiger partial charge < -0.3 is 10.4 Å². The van der Waals surface area contributed by atoms with E-state index in [1.54, 1.807) is 18.3 Å². The molecule has 1 unspecified atom stereocenters. The van der Waals surface area contributed by atoms with Crippen LogP contribution in [0, 0.1) is 6.92 Å². The molecule has 0 aliphatic rings. The van der Waals surface area contributed by atoms with Crippen molar-refractivity contribution >= 4 is 40.1 Å². The second kappa shape index (κ2) is 6.66. The minimum atomic E-state index is -0.603. The third-order valence-electron chi connectivity index (χ3n) is 3.09. The van der Waals surface area contributed by atoms with Gasteiger partial charge in [-0.3, -0.25) is 4.79 Å². The lowest BCUT2D eigenvalue weighted by atomic mass is 10.2. The molecule has 2 N–H and O–H groups in total. The monoisotopic (exact) mass is 351 g/mol. The first-order valence-electron chi connectivity index (χ1n) is 6.51. The van der Waals surface area contributed by atoms with Crippen molar-refractivity contribution in [2.75, 3.05) is 0 Å². The van der Waals surface area contributed by atoms with Crippen LogP contribution in [-0.2, 0) is 6.54 Å². The van der Waals surface area contributed by atoms with Gasteiger partial charge in [0.25, 0.3) is 5.91 Å². The van der Waals surface area contributed by atoms with Gasteiger partial charge in [0.05, 0.1) is 12.2 Å². The number of aliphatic hydroxyl groups excluding tert-OH is 1. The Morgan fingerprint density at radius 2 is 2.27 bits per heavy atom. The van der Waals surface area contributed by atoms with E-state index in [9.17, 15) is 9.90 Å². The molecule has 3 aromatic heterocycles. The molecule has 5 nitrogen and oxygen atoms in total. The van der Waals surface area contributed by atoms with E-state index < -0.39 is 6.10 Å². The van der Waals surface area contributed by atoms with Crippen molar-refractivity contribution in [3.8, 4) is 0 Å². The summed E-state index contributed by atoms with van der Waals surface area (Å²) in [4.78, 5) is 14.4. The molecule has 0 aliphatic heterocycles. The molecule has 0 aliphatic carbocycles. The van der Waals surface area contributed by atoms with E-state index in [1.165, 1.54) is 11.3 Å². The smallest absolute Gasteiger partial charge is 0.265 e. The van der Waals surface area contributed by atoms with Crippen LogP contribution in [0.2, 0.25) is 0 Å². The highest BCUT2D eigenvalue weighted by molar-refractivity contribution is 7.12. The molecular weight excluding hydrogens is 338 g/mol. The number of aromatic nitrogens is 2. The molecule has 1 amide bonds. The minimum Gasteiger partial charge on any atom is -0.383 e. The van der Waals surface area contributed by atoms with E-state index in [0.717, 1.165) is 26.9 Å². The standard InChI is InChI=1S/C14H13N3O2S3/c1-8-13(22-17-16-8)14(19)15-6-10-2-3-11(21-10)12(18)9-4-5-20-7-9/h2-5,7,12,18H,6H2,1H3,(H,15,19). The summed E-state index contributed by atoms with van der Waals surface area (Å²) in [5, 5.41) is 20.8. The predicted octanol–water partition coefficient (Wildman–Crippen LogP) is 2.98. The second-order valence-electron chi connectivity index (χ2n) is 4.63. The molecule has 0 bridgehead atoms. The first-order valence-corrected chi connectivity index (χ1v) is 9.04. The number of nitrogens with one attached hydrogen (secondary N) is 1. The summed E-state index contributed by atoms with van der Waals surface area (Å²) in [6.07, 6.45) is -0.603. The van der Waals surface area contributed by atoms with Crippen LogP contribution in [0.4, 0.5) is 0 Å². The molecule has 0 aromatic carbocycles. The molecule has 0 fully saturated rings. The fourth-order valence-corrected chi connectivity index (χ4v) is 4.14. The summed E-state index contributed by atoms with van der Waals surface area (Å²) in [5.74, 6) is -0.166. The van der Waals surface area contributed by atoms with Crippen molar-refractivity contribution in [2.45, 2.75) is 19.6 Å². The number of aryl methyl sites for hydroxylation is 1. The highest BCUT2D eigenvalue weighted by atomic mass is 32.1. The largest absolute Gasteiger partial charge is 0.383 e. The van der Waals surface area contributed by atoms with Gasteiger partial charge in [0.2, 0.25) is 0 Å². The third kappa shape index (κ3) is 3.25. The maximum Gasteiger partial charge on any atom is 0.265 e. The number of carbonyl (C=O) groups excluding carboxylic acids is 1. The van der Waals surface area contributed by atoms with Crippen LogP contribution in [0.25, 0.3) is 0 Å². The second-order valence-corrected chi connectivity index (χ2v) is 7.37. The van der Waals surface area contributed by atoms with Crippen LogP contribution in [-0.4, -0.2) is 20.6 Å². The van der Waals surface area contributed by atoms with E-state index >= 15 is 0 Å². The van der Waals surface area contributed by atoms with E-state index in [-0.39, 0.29) is 5.91 Å². The highest BCUT2D eigenvalue weighted by Gasteiger charge is 2.15. The molecule has 22 heavy (non-hydrogen) atoms. The van der Waals surface area contributed by atoms with Gasteiger partial charge in [-0.15, -0.1) is 16.4 Å². The number of aliphatic hydroxyl groups is 1. The van der Waals surface area contributed by atoms with Gasteiger partial charge in [-0.1, -0.05) is 4.49 Å². The van der Waals surface area contributed by atoms with E-state index in [1.807, 2.05) is 29.0 Å². The first-order chi connectivity index (χ1) is 10.6. The van der Waals surface area contributed by atoms with Gasteiger partial charge in [0, 0.05) is 9.75 Å². The topological polar surface area (TPSA) is 75.1 Å². The van der Waals surface area contributed by atoms with Crippen LogP contribution < -0.4 is 5.32 Å². The van der Waals surface area contributed by atoms with Gasteiger partial charge in [0.1, 0.15) is 11.0 Å². The summed E-state index contributed by atoms with van der Waals surface area (Å²) in [5.41, 5.74) is 1.54. The van der Waals surface area contributed by atoms with Crippen LogP contribution in [0.1, 0.15) is 36.8 Å². The maximum atomic E-state index is 12.0. The number of nitrogens with zero attached hydrogens (tertiary/aromatic N) is 2. The fourth-order valence-electron chi connectivity index (χ4n) is 1.92. The third-order valence-corrected chi connectivity index (χ3v) is 5.76. The number of hydrogen-bond acceptors (Lipinski definition) is 7. The van der Waals surface area contributed by atoms with Crippen molar-refractivity contribution in [1.29, 1.82) is 0 Å². The lowest BCUT2D eigenvalue weighted by Crippen LogP contribution is -2.22. The quantitative estimate of drug-likeness (QED) is 0.741. The predicted molar refractivity (Wildman–Crippen MR) is 88.5 cm³/mol. The number of hydrogen-bond donors (Lipinski definition) is 2. The molecule has 0 radical (unpaired) electrons. The summed E-state index contributed by atoms with van der Waals surface area (Å²) in [6.45, 7) is 2.19. The van der Waals surface area contributed by atoms with Crippen LogP contribution in [0.5, 0.6) is 0 Å². The zero-order chi connectivity index (χ0) is 15.5. The fraction of sp³-hybridized carbons (Fsp3) is 0.214. The Hall–Kier alpha value is -1.61. The number of amides is 1. The number of thiophene rings is 2. The van der Waals surface area contributed by atoms with Gasteiger partial charge in [-0.05, 0) is 53.0 Å². The van der Waals surface area contributed by atoms with Crippen molar-refractivity contribution in [3.05, 3.63) is 54.8 Å². The van der Waals surface area contributed by atoms with Crippen LogP contribution in [0.15, 0.2) is 29.0 Å². The Kier molecular flexibility index (Phi) is 4.63. The Balaban J connectivity index is 1.63. The molecule has 3 rings (SSSR count). The Labute approximate surface area is 139 Å². The Morgan fingerprint density at radius 1 is 1.41 bits per heavy atom. The van der Waals surface area contributed by atoms with Crippen LogP contribution >= 0.6 is 34.2 Å². The van der Waals surface area contributed by atoms with E-state index in [0.29, 0.717) is 17.1 Å². The molecule has 3 aromatic rings. The average molecular weight is 351 g/mol. The highest BCUT2D eigenvalue weighted by Crippen LogP contribution is 2.29. The molecule has 1 atom stereocenters. The molecule has 0 saturated heterocycles. The zero-order valence-electron chi connectivity index (χ0n) is 11.6. The van der Waals surface area contributed by atoms with E-state index in [4.69, 9.17) is 0 Å². The molecule has 0 saturated carbocycles. The van der Waals surface area contributed by atoms with Crippen molar-refractivity contribution in [2.24, 2.45) is 0 Å². The minimum absolute atomic E-state index is 0.166. The summed E-state index contributed by atoms with van der Waals surface area (Å²) in [6, 6.07) is 5.73. The average Bonchev–Trinajstić information content (AvgIpc) is 3.25. The van der Waals surface area contributed by atoms with Crippen molar-refractivity contribution in [3.63, 3.8) is 0 Å². The van der Waals surface area contributed by atoms with Crippen molar-refractivity contribution in [1.82, 2.24) is 14.9 Å². The zero-order valence-corrected chi connectivity index (χ0v) is 14.1. The number of rotatable bonds is 5. The molecule has 114 valence electrons. The molecule has 3 heterocycles. The summed E-state index contributed by atoms with van der Waals surface area (Å²) in [7, 11) is 0. The Bertz CT molecular complexity index is 764. The molecule has 8 heteroatoms. The molecular formula is C14H13N3O2S3. The Morgan fingerprint density at radius 3 is 2.95 bits per heavy atom. The summed E-state index contributed by atoms with van der Waals surface area (Å²) < 4.78 is 3.75. The number of carbonyl (C=O) groups is 1. The van der Waals surface area contributed by atoms with Gasteiger partial charge in [-0.25, -0.2) is 0 Å². The first kappa shape index (κ1) is 15.3. The van der Waals surface area contributed by atoms with Gasteiger partial charge >= 0.3 is 0 Å². The van der Waals surface area contributed by atoms with Gasteiger partial charge in [0.15, 0.2) is 0 Å². The lowest BCUT2D eigenvalue weighted by molar-refractivity contribution is 0.0954. The molecule has 0 spiro atoms. The van der Waals surface area contributed by atoms with Gasteiger partial charge in [-0.2, -0.15) is 11.3 Å². The SMILES string of the molecule is Cc1nnsc1C(=O)NCc1ccc(C(O)c2ccsc2)s1. The van der Waals surface area contributed by atoms with Crippen molar-refractivity contribution < 1.29 is 9.90 Å². The lowest BCUT2D eigenvalue weighted by Gasteiger charge is -2.05.